The minimum Gasteiger partial charge on any atom is -0.431 e. The molecule has 4 heteroatoms. The van der Waals surface area contributed by atoms with Crippen LogP contribution in [0.1, 0.15) is 0 Å². The maximum Gasteiger partial charge on any atom is 0.256 e. The van der Waals surface area contributed by atoms with Crippen LogP contribution >= 0.6 is 23.4 Å². The molecule has 1 aromatic heterocycles. The molecule has 0 aliphatic heterocycles. The Labute approximate surface area is 78.9 Å². The molecule has 1 aromatic carbocycles. The number of hydrogen-bond donors (Lipinski definition) is 0. The predicted molar refractivity (Wildman–Crippen MR) is 50.8 cm³/mol. The van der Waals surface area contributed by atoms with Crippen molar-refractivity contribution in [2.45, 2.75) is 5.22 Å². The maximum absolute atomic E-state index is 5.78. The highest BCUT2D eigenvalue weighted by Crippen LogP contribution is 2.23. The summed E-state index contributed by atoms with van der Waals surface area (Å²) in [5, 5.41) is 1.35. The molecule has 0 atom stereocenters. The second-order valence-electron chi connectivity index (χ2n) is 2.30. The molecule has 0 aliphatic carbocycles. The van der Waals surface area contributed by atoms with E-state index in [1.165, 1.54) is 11.8 Å². The summed E-state index contributed by atoms with van der Waals surface area (Å²) in [7, 11) is 0. The van der Waals surface area contributed by atoms with Gasteiger partial charge in [0.1, 0.15) is 5.52 Å². The Morgan fingerprint density at radius 3 is 3.08 bits per heavy atom. The third-order valence-corrected chi connectivity index (χ3v) is 2.26. The lowest BCUT2D eigenvalue weighted by molar-refractivity contribution is 0.490. The Balaban J connectivity index is 2.67. The molecule has 0 spiro atoms. The third-order valence-electron chi connectivity index (χ3n) is 1.51. The van der Waals surface area contributed by atoms with Gasteiger partial charge in [0, 0.05) is 11.1 Å². The van der Waals surface area contributed by atoms with Gasteiger partial charge >= 0.3 is 0 Å². The SMILES string of the molecule is CSc1nc2ccc(Cl)cc2o1. The third kappa shape index (κ3) is 1.30. The molecule has 0 N–H and O–H groups in total. The Bertz CT molecular complexity index is 412. The van der Waals surface area contributed by atoms with Gasteiger partial charge in [-0.3, -0.25) is 0 Å². The van der Waals surface area contributed by atoms with Crippen molar-refractivity contribution in [3.05, 3.63) is 23.2 Å². The lowest BCUT2D eigenvalue weighted by Gasteiger charge is -1.85. The quantitative estimate of drug-likeness (QED) is 0.660. The predicted octanol–water partition coefficient (Wildman–Crippen LogP) is 3.20. The van der Waals surface area contributed by atoms with Crippen LogP contribution in [-0.2, 0) is 0 Å². The van der Waals surface area contributed by atoms with E-state index in [4.69, 9.17) is 16.0 Å². The average Bonchev–Trinajstić information content (AvgIpc) is 2.46. The molecule has 0 bridgehead atoms. The lowest BCUT2D eigenvalue weighted by Crippen LogP contribution is -1.67. The van der Waals surface area contributed by atoms with Gasteiger partial charge in [0.2, 0.25) is 0 Å². The van der Waals surface area contributed by atoms with Gasteiger partial charge in [-0.15, -0.1) is 0 Å². The number of nitrogens with zero attached hydrogens (tertiary/aromatic N) is 1. The first kappa shape index (κ1) is 7.95. The van der Waals surface area contributed by atoms with E-state index in [9.17, 15) is 0 Å². The second-order valence-corrected chi connectivity index (χ2v) is 3.49. The second kappa shape index (κ2) is 2.99. The van der Waals surface area contributed by atoms with Crippen LogP contribution < -0.4 is 0 Å². The van der Waals surface area contributed by atoms with Crippen molar-refractivity contribution >= 4 is 34.5 Å². The summed E-state index contributed by atoms with van der Waals surface area (Å²) in [4.78, 5) is 4.21. The molecule has 2 nitrogen and oxygen atoms in total. The molecule has 0 amide bonds. The van der Waals surface area contributed by atoms with Crippen LogP contribution in [0.5, 0.6) is 0 Å². The summed E-state index contributed by atoms with van der Waals surface area (Å²) in [5.74, 6) is 0. The zero-order valence-electron chi connectivity index (χ0n) is 6.37. The van der Waals surface area contributed by atoms with Gasteiger partial charge in [-0.05, 0) is 18.4 Å². The summed E-state index contributed by atoms with van der Waals surface area (Å²) < 4.78 is 5.37. The molecule has 0 aliphatic rings. The number of fused-ring (bicyclic) bond motifs is 1. The zero-order chi connectivity index (χ0) is 8.55. The van der Waals surface area contributed by atoms with E-state index < -0.39 is 0 Å². The van der Waals surface area contributed by atoms with Crippen LogP contribution in [0.25, 0.3) is 11.1 Å². The van der Waals surface area contributed by atoms with Crippen LogP contribution in [0.4, 0.5) is 0 Å². The Kier molecular flexibility index (Phi) is 1.98. The Morgan fingerprint density at radius 1 is 1.50 bits per heavy atom. The molecule has 1 heterocycles. The Hall–Kier alpha value is -0.670. The number of aromatic nitrogens is 1. The molecule has 0 unspecified atom stereocenters. The fourth-order valence-electron chi connectivity index (χ4n) is 0.965. The number of thioether (sulfide) groups is 1. The van der Waals surface area contributed by atoms with Crippen molar-refractivity contribution in [3.8, 4) is 0 Å². The summed E-state index contributed by atoms with van der Waals surface area (Å²) >= 11 is 7.26. The van der Waals surface area contributed by atoms with E-state index in [1.54, 1.807) is 12.1 Å². The molecule has 2 rings (SSSR count). The highest BCUT2D eigenvalue weighted by molar-refractivity contribution is 7.98. The number of rotatable bonds is 1. The highest BCUT2D eigenvalue weighted by atomic mass is 35.5. The normalized spacial score (nSPS) is 10.8. The fraction of sp³-hybridized carbons (Fsp3) is 0.125. The molecule has 62 valence electrons. The van der Waals surface area contributed by atoms with Gasteiger partial charge in [0.05, 0.1) is 0 Å². The van der Waals surface area contributed by atoms with Crippen LogP contribution in [0.3, 0.4) is 0 Å². The first-order valence-electron chi connectivity index (χ1n) is 3.39. The van der Waals surface area contributed by atoms with Crippen LogP contribution in [0.2, 0.25) is 5.02 Å². The van der Waals surface area contributed by atoms with Gasteiger partial charge in [0.15, 0.2) is 5.58 Å². The van der Waals surface area contributed by atoms with Crippen LogP contribution in [-0.4, -0.2) is 11.2 Å². The van der Waals surface area contributed by atoms with E-state index in [2.05, 4.69) is 4.98 Å². The van der Waals surface area contributed by atoms with Crippen LogP contribution in [0, 0.1) is 0 Å². The Morgan fingerprint density at radius 2 is 2.33 bits per heavy atom. The van der Waals surface area contributed by atoms with Gasteiger partial charge in [-0.2, -0.15) is 0 Å². The molecular weight excluding hydrogens is 194 g/mol. The molecule has 0 saturated carbocycles. The van der Waals surface area contributed by atoms with E-state index >= 15 is 0 Å². The summed E-state index contributed by atoms with van der Waals surface area (Å²) in [6.07, 6.45) is 1.92. The number of benzene rings is 1. The maximum atomic E-state index is 5.78. The van der Waals surface area contributed by atoms with Crippen molar-refractivity contribution in [1.29, 1.82) is 0 Å². The van der Waals surface area contributed by atoms with Gasteiger partial charge in [-0.1, -0.05) is 23.4 Å². The monoisotopic (exact) mass is 199 g/mol. The van der Waals surface area contributed by atoms with E-state index in [1.807, 2.05) is 12.3 Å². The van der Waals surface area contributed by atoms with E-state index in [-0.39, 0.29) is 0 Å². The zero-order valence-corrected chi connectivity index (χ0v) is 7.95. The molecule has 0 radical (unpaired) electrons. The van der Waals surface area contributed by atoms with Crippen molar-refractivity contribution in [3.63, 3.8) is 0 Å². The first-order valence-corrected chi connectivity index (χ1v) is 5.00. The van der Waals surface area contributed by atoms with Crippen molar-refractivity contribution in [2.75, 3.05) is 6.26 Å². The van der Waals surface area contributed by atoms with Gasteiger partial charge < -0.3 is 4.42 Å². The lowest BCUT2D eigenvalue weighted by atomic mass is 10.3. The minimum atomic E-state index is 0.673. The summed E-state index contributed by atoms with van der Waals surface area (Å²) in [6.45, 7) is 0. The van der Waals surface area contributed by atoms with Crippen molar-refractivity contribution in [1.82, 2.24) is 4.98 Å². The van der Waals surface area contributed by atoms with Crippen molar-refractivity contribution in [2.24, 2.45) is 0 Å². The van der Waals surface area contributed by atoms with Crippen LogP contribution in [0.15, 0.2) is 27.8 Å². The fourth-order valence-corrected chi connectivity index (χ4v) is 1.49. The van der Waals surface area contributed by atoms with Gasteiger partial charge in [-0.25, -0.2) is 4.98 Å². The summed E-state index contributed by atoms with van der Waals surface area (Å²) in [5.41, 5.74) is 1.59. The molecular formula is C8H6ClNOS. The largest absolute Gasteiger partial charge is 0.431 e. The smallest absolute Gasteiger partial charge is 0.256 e. The number of oxazole rings is 1. The molecule has 2 aromatic rings. The van der Waals surface area contributed by atoms with Gasteiger partial charge in [0.25, 0.3) is 5.22 Å². The highest BCUT2D eigenvalue weighted by Gasteiger charge is 2.03. The summed E-state index contributed by atoms with van der Waals surface area (Å²) in [6, 6.07) is 5.42. The molecule has 0 saturated heterocycles. The number of halogens is 1. The van der Waals surface area contributed by atoms with E-state index in [0.717, 1.165) is 11.1 Å². The first-order chi connectivity index (χ1) is 5.79. The average molecular weight is 200 g/mol. The molecule has 12 heavy (non-hydrogen) atoms. The van der Waals surface area contributed by atoms with E-state index in [0.29, 0.717) is 10.2 Å². The topological polar surface area (TPSA) is 26.0 Å². The standard InChI is InChI=1S/C8H6ClNOS/c1-12-8-10-6-3-2-5(9)4-7(6)11-8/h2-4H,1H3. The number of hydrogen-bond acceptors (Lipinski definition) is 3. The minimum absolute atomic E-state index is 0.673. The molecule has 0 fully saturated rings. The van der Waals surface area contributed by atoms with Crippen molar-refractivity contribution < 1.29 is 4.42 Å².